The largest absolute Gasteiger partial charge is 1.00 e. The number of rotatable bonds is 0. The minimum Gasteiger partial charge on any atom is -0.550 e. The molecule has 0 aromatic rings. The smallest absolute Gasteiger partial charge is 0.550 e. The number of hydrogen-bond acceptors (Lipinski definition) is 6. The van der Waals surface area contributed by atoms with Crippen LogP contribution in [0.1, 0.15) is 34.6 Å². The molecule has 12 nitrogen and oxygen atoms in total. The van der Waals surface area contributed by atoms with Crippen molar-refractivity contribution in [2.45, 2.75) is 34.6 Å². The van der Waals surface area contributed by atoms with Crippen LogP contribution in [0.4, 0.5) is 0 Å². The van der Waals surface area contributed by atoms with Crippen LogP contribution in [0, 0.1) is 0 Å². The predicted molar refractivity (Wildman–Crippen MR) is 71.1 cm³/mol. The van der Waals surface area contributed by atoms with E-state index in [4.69, 9.17) is 49.5 Å². The molecular formula is C10H23NaO12. The molecule has 0 aliphatic carbocycles. The third-order valence-corrected chi connectivity index (χ3v) is 0. The predicted octanol–water partition coefficient (Wildman–Crippen LogP) is -5.53. The summed E-state index contributed by atoms with van der Waals surface area (Å²) in [5.41, 5.74) is 0. The van der Waals surface area contributed by atoms with Crippen LogP contribution < -0.4 is 34.7 Å². The van der Waals surface area contributed by atoms with E-state index in [9.17, 15) is 0 Å². The minimum atomic E-state index is -1.08. The minimum absolute atomic E-state index is 0. The first-order valence-electron chi connectivity index (χ1n) is 4.62. The van der Waals surface area contributed by atoms with Gasteiger partial charge in [0.25, 0.3) is 23.9 Å². The topological polar surface area (TPSA) is 252 Å². The average molecular weight is 358 g/mol. The standard InChI is InChI=1S/5C2H4O2.Na.2H2O/c5*1-2(3)4;;;/h5*1H3,(H,3,4);;2*1H2/q;;;;;+1;;/p-1. The Morgan fingerprint density at radius 3 is 0.565 bits per heavy atom. The Morgan fingerprint density at radius 2 is 0.565 bits per heavy atom. The Kier molecular flexibility index (Phi) is 92.2. The first kappa shape index (κ1) is 49.6. The van der Waals surface area contributed by atoms with Crippen molar-refractivity contribution in [3.8, 4) is 0 Å². The molecular weight excluding hydrogens is 335 g/mol. The Hall–Kier alpha value is -1.73. The van der Waals surface area contributed by atoms with Crippen molar-refractivity contribution in [1.29, 1.82) is 0 Å². The zero-order valence-electron chi connectivity index (χ0n) is 13.7. The van der Waals surface area contributed by atoms with E-state index in [1.807, 2.05) is 0 Å². The van der Waals surface area contributed by atoms with Crippen LogP contribution in [0.25, 0.3) is 0 Å². The Labute approximate surface area is 154 Å². The van der Waals surface area contributed by atoms with E-state index in [-0.39, 0.29) is 40.5 Å². The monoisotopic (exact) mass is 358 g/mol. The van der Waals surface area contributed by atoms with Crippen molar-refractivity contribution >= 4 is 29.8 Å². The summed E-state index contributed by atoms with van der Waals surface area (Å²) in [5, 5.41) is 38.6. The van der Waals surface area contributed by atoms with Gasteiger partial charge in [0.2, 0.25) is 0 Å². The second kappa shape index (κ2) is 42.7. The molecule has 0 heterocycles. The fourth-order valence-corrected chi connectivity index (χ4v) is 0. The molecule has 0 bridgehead atoms. The summed E-state index contributed by atoms with van der Waals surface area (Å²) < 4.78 is 0. The zero-order valence-corrected chi connectivity index (χ0v) is 15.7. The Morgan fingerprint density at radius 1 is 0.565 bits per heavy atom. The molecule has 13 heteroatoms. The van der Waals surface area contributed by atoms with Crippen molar-refractivity contribution in [2.75, 3.05) is 0 Å². The first-order valence-corrected chi connectivity index (χ1v) is 4.62. The quantitative estimate of drug-likeness (QED) is 0.298. The van der Waals surface area contributed by atoms with Crippen LogP contribution in [0.2, 0.25) is 0 Å². The van der Waals surface area contributed by atoms with Crippen molar-refractivity contribution in [3.63, 3.8) is 0 Å². The van der Waals surface area contributed by atoms with E-state index in [1.165, 1.54) is 0 Å². The van der Waals surface area contributed by atoms with Gasteiger partial charge in [-0.15, -0.1) is 0 Å². The molecule has 8 N–H and O–H groups in total. The van der Waals surface area contributed by atoms with Gasteiger partial charge in [0.15, 0.2) is 0 Å². The van der Waals surface area contributed by atoms with Crippen LogP contribution in [-0.2, 0) is 24.0 Å². The molecule has 0 aliphatic rings. The van der Waals surface area contributed by atoms with Gasteiger partial charge in [-0.3, -0.25) is 19.2 Å². The number of carboxylic acid groups (broad SMARTS) is 5. The number of carbonyl (C=O) groups is 5. The molecule has 0 aromatic heterocycles. The van der Waals surface area contributed by atoms with Crippen LogP contribution in [0.15, 0.2) is 0 Å². The van der Waals surface area contributed by atoms with E-state index < -0.39 is 29.8 Å². The first-order chi connectivity index (χ1) is 8.66. The molecule has 0 saturated heterocycles. The van der Waals surface area contributed by atoms with Crippen molar-refractivity contribution < 1.29 is 90.0 Å². The maximum atomic E-state index is 9.00. The SMILES string of the molecule is CC(=O)O.CC(=O)O.CC(=O)O.CC(=O)O.CC(=O)[O-].O.O.[Na+]. The molecule has 136 valence electrons. The molecule has 0 unspecified atom stereocenters. The fraction of sp³-hybridized carbons (Fsp3) is 0.500. The summed E-state index contributed by atoms with van der Waals surface area (Å²) >= 11 is 0. The second-order valence-electron chi connectivity index (χ2n) is 2.57. The molecule has 23 heavy (non-hydrogen) atoms. The molecule has 0 spiro atoms. The maximum absolute atomic E-state index is 9.00. The summed E-state index contributed by atoms with van der Waals surface area (Å²) in [6.07, 6.45) is 0. The average Bonchev–Trinajstić information content (AvgIpc) is 1.94. The summed E-state index contributed by atoms with van der Waals surface area (Å²) in [4.78, 5) is 44.9. The van der Waals surface area contributed by atoms with Crippen LogP contribution in [0.3, 0.4) is 0 Å². The van der Waals surface area contributed by atoms with Gasteiger partial charge in [-0.25, -0.2) is 0 Å². The third kappa shape index (κ3) is 2260. The second-order valence-corrected chi connectivity index (χ2v) is 2.57. The molecule has 0 radical (unpaired) electrons. The van der Waals surface area contributed by atoms with E-state index in [2.05, 4.69) is 0 Å². The van der Waals surface area contributed by atoms with Crippen LogP contribution in [-0.4, -0.2) is 61.2 Å². The van der Waals surface area contributed by atoms with Gasteiger partial charge in [-0.1, -0.05) is 0 Å². The number of carboxylic acids is 5. The van der Waals surface area contributed by atoms with E-state index in [0.717, 1.165) is 34.6 Å². The number of aliphatic carboxylic acids is 5. The summed E-state index contributed by atoms with van der Waals surface area (Å²) in [6, 6.07) is 0. The molecule has 0 aliphatic heterocycles. The normalized spacial score (nSPS) is 5.43. The molecule has 0 amide bonds. The Bertz CT molecular complexity index is 213. The molecule has 0 fully saturated rings. The summed E-state index contributed by atoms with van der Waals surface area (Å²) in [7, 11) is 0. The van der Waals surface area contributed by atoms with Gasteiger partial charge >= 0.3 is 29.6 Å². The van der Waals surface area contributed by atoms with Gasteiger partial charge < -0.3 is 41.3 Å². The van der Waals surface area contributed by atoms with Gasteiger partial charge in [0.05, 0.1) is 0 Å². The van der Waals surface area contributed by atoms with Gasteiger partial charge in [-0.2, -0.15) is 0 Å². The molecule has 0 aromatic carbocycles. The summed E-state index contributed by atoms with van der Waals surface area (Å²) in [5.74, 6) is -4.42. The Balaban J connectivity index is -0.0000000197. The van der Waals surface area contributed by atoms with Crippen LogP contribution >= 0.6 is 0 Å². The fourth-order valence-electron chi connectivity index (χ4n) is 0. The van der Waals surface area contributed by atoms with Crippen molar-refractivity contribution in [1.82, 2.24) is 0 Å². The molecule has 0 atom stereocenters. The van der Waals surface area contributed by atoms with Gasteiger partial charge in [0, 0.05) is 33.7 Å². The number of carbonyl (C=O) groups excluding carboxylic acids is 1. The number of hydrogen-bond donors (Lipinski definition) is 4. The van der Waals surface area contributed by atoms with E-state index >= 15 is 0 Å². The maximum Gasteiger partial charge on any atom is 1.00 e. The van der Waals surface area contributed by atoms with Gasteiger partial charge in [0.1, 0.15) is 0 Å². The molecule has 0 saturated carbocycles. The van der Waals surface area contributed by atoms with E-state index in [1.54, 1.807) is 0 Å². The van der Waals surface area contributed by atoms with Crippen molar-refractivity contribution in [3.05, 3.63) is 0 Å². The summed E-state index contributed by atoms with van der Waals surface area (Å²) in [6.45, 7) is 5.31. The van der Waals surface area contributed by atoms with Gasteiger partial charge in [-0.05, 0) is 6.92 Å². The van der Waals surface area contributed by atoms with Crippen molar-refractivity contribution in [2.24, 2.45) is 0 Å². The van der Waals surface area contributed by atoms with E-state index in [0.29, 0.717) is 0 Å². The van der Waals surface area contributed by atoms with Crippen LogP contribution in [0.5, 0.6) is 0 Å². The zero-order chi connectivity index (χ0) is 17.9. The molecule has 0 rings (SSSR count). The third-order valence-electron chi connectivity index (χ3n) is 0.